The normalized spacial score (nSPS) is 13.7. The first-order valence-electron chi connectivity index (χ1n) is 17.9. The molecule has 0 atom stereocenters. The maximum absolute atomic E-state index is 12.9. The van der Waals surface area contributed by atoms with Crippen LogP contribution in [0.3, 0.4) is 0 Å². The second kappa shape index (κ2) is 19.8. The van der Waals surface area contributed by atoms with Crippen molar-refractivity contribution in [1.82, 2.24) is 5.32 Å². The Bertz CT molecular complexity index is 1360. The average Bonchev–Trinajstić information content (AvgIpc) is 3.09. The fourth-order valence-electron chi connectivity index (χ4n) is 5.70. The lowest BCUT2D eigenvalue weighted by molar-refractivity contribution is -0.153. The highest BCUT2D eigenvalue weighted by atomic mass is 16.5. The number of likely N-dealkylation sites (N-methyl/N-ethyl adjacent to an activating group) is 1. The third kappa shape index (κ3) is 11.8. The zero-order valence-corrected chi connectivity index (χ0v) is 29.5. The molecule has 1 N–H and O–H groups in total. The number of anilines is 1. The molecule has 0 aromatic heterocycles. The molecule has 1 amide bonds. The Labute approximate surface area is 283 Å². The number of nitrogens with zero attached hydrogens (tertiary/aromatic N) is 2. The lowest BCUT2D eigenvalue weighted by Crippen LogP contribution is -2.32. The molecule has 0 saturated carbocycles. The van der Waals surface area contributed by atoms with Gasteiger partial charge in [-0.05, 0) is 57.0 Å². The number of Topliss-reactive ketones (excluding diaryl/α,β-unsaturated/α-hetero) is 1. The molecule has 0 radical (unpaired) electrons. The van der Waals surface area contributed by atoms with E-state index in [0.29, 0.717) is 30.0 Å². The van der Waals surface area contributed by atoms with Crippen molar-refractivity contribution in [2.45, 2.75) is 111 Å². The molecule has 0 unspecified atom stereocenters. The summed E-state index contributed by atoms with van der Waals surface area (Å²) in [5, 5.41) is 2.56. The summed E-state index contributed by atoms with van der Waals surface area (Å²) in [6.45, 7) is 9.95. The molecule has 0 aliphatic heterocycles. The molecule has 0 saturated heterocycles. The summed E-state index contributed by atoms with van der Waals surface area (Å²) in [5.74, 6) is -0.887. The molecular formula is C40H57N3O4. The van der Waals surface area contributed by atoms with E-state index < -0.39 is 11.3 Å². The van der Waals surface area contributed by atoms with Gasteiger partial charge in [0.2, 0.25) is 0 Å². The van der Waals surface area contributed by atoms with E-state index in [1.807, 2.05) is 57.2 Å². The Morgan fingerprint density at radius 2 is 1.36 bits per heavy atom. The van der Waals surface area contributed by atoms with Gasteiger partial charge in [-0.25, -0.2) is 4.99 Å². The first-order valence-corrected chi connectivity index (χ1v) is 17.9. The average molecular weight is 644 g/mol. The molecule has 7 heteroatoms. The minimum atomic E-state index is -0.490. The summed E-state index contributed by atoms with van der Waals surface area (Å²) in [7, 11) is 1.52. The van der Waals surface area contributed by atoms with E-state index >= 15 is 0 Å². The van der Waals surface area contributed by atoms with E-state index in [-0.39, 0.29) is 17.3 Å². The minimum absolute atomic E-state index is 0.0796. The fourth-order valence-corrected chi connectivity index (χ4v) is 5.70. The monoisotopic (exact) mass is 643 g/mol. The van der Waals surface area contributed by atoms with E-state index in [9.17, 15) is 14.4 Å². The van der Waals surface area contributed by atoms with E-state index in [2.05, 4.69) is 17.1 Å². The first kappa shape index (κ1) is 37.7. The first-order chi connectivity index (χ1) is 22.7. The van der Waals surface area contributed by atoms with Crippen LogP contribution in [0, 0.1) is 5.41 Å². The summed E-state index contributed by atoms with van der Waals surface area (Å²) >= 11 is 0. The summed E-state index contributed by atoms with van der Waals surface area (Å²) in [6.07, 6.45) is 17.9. The number of aliphatic imine (C=N–C) groups is 1. The van der Waals surface area contributed by atoms with Gasteiger partial charge in [-0.3, -0.25) is 14.4 Å². The molecule has 0 heterocycles. The van der Waals surface area contributed by atoms with Crippen molar-refractivity contribution < 1.29 is 19.1 Å². The fraction of sp³-hybridized carbons (Fsp3) is 0.550. The Balaban J connectivity index is 1.64. The quantitative estimate of drug-likeness (QED) is 0.0833. The number of hydrogen-bond acceptors (Lipinski definition) is 6. The maximum Gasteiger partial charge on any atom is 0.311 e. The van der Waals surface area contributed by atoms with Crippen LogP contribution in [0.25, 0.3) is 0 Å². The minimum Gasteiger partial charge on any atom is -0.463 e. The maximum atomic E-state index is 12.9. The number of rotatable bonds is 21. The van der Waals surface area contributed by atoms with Gasteiger partial charge in [0.25, 0.3) is 5.91 Å². The number of nitrogens with one attached hydrogen (secondary N) is 1. The number of ketones is 1. The molecule has 0 spiro atoms. The number of carbonyl (C=O) groups is 3. The molecule has 47 heavy (non-hydrogen) atoms. The van der Waals surface area contributed by atoms with Crippen molar-refractivity contribution in [3.05, 3.63) is 71.3 Å². The molecule has 0 bridgehead atoms. The van der Waals surface area contributed by atoms with E-state index in [4.69, 9.17) is 9.73 Å². The molecule has 1 aliphatic carbocycles. The highest BCUT2D eigenvalue weighted by Crippen LogP contribution is 2.27. The van der Waals surface area contributed by atoms with Crippen molar-refractivity contribution in [2.75, 3.05) is 31.6 Å². The summed E-state index contributed by atoms with van der Waals surface area (Å²) < 4.78 is 5.70. The van der Waals surface area contributed by atoms with Gasteiger partial charge in [0.1, 0.15) is 6.61 Å². The molecule has 2 aromatic rings. The van der Waals surface area contributed by atoms with Gasteiger partial charge in [0, 0.05) is 30.4 Å². The number of unbranched alkanes of at least 4 members (excludes halogenated alkanes) is 11. The van der Waals surface area contributed by atoms with E-state index in [1.54, 1.807) is 18.2 Å². The molecule has 2 aromatic carbocycles. The van der Waals surface area contributed by atoms with Crippen LogP contribution in [-0.4, -0.2) is 50.1 Å². The highest BCUT2D eigenvalue weighted by Gasteiger charge is 2.28. The zero-order valence-electron chi connectivity index (χ0n) is 29.5. The number of benzene rings is 2. The van der Waals surface area contributed by atoms with Crippen molar-refractivity contribution >= 4 is 34.7 Å². The largest absolute Gasteiger partial charge is 0.463 e. The third-order valence-electron chi connectivity index (χ3n) is 9.22. The van der Waals surface area contributed by atoms with Gasteiger partial charge < -0.3 is 15.0 Å². The van der Waals surface area contributed by atoms with Crippen LogP contribution in [0.2, 0.25) is 0 Å². The smallest absolute Gasteiger partial charge is 0.311 e. The number of esters is 1. The van der Waals surface area contributed by atoms with Gasteiger partial charge in [-0.1, -0.05) is 109 Å². The molecule has 256 valence electrons. The number of allylic oxidation sites excluding steroid dienone is 1. The SMILES string of the molecule is CCCCCCCCCCCCCCN(CCOC(=O)C(C)(C)CC)c1ccc(/N=C2\C=C(C(=O)NC)C(=O)c3ccccc32)cc1. The number of fused-ring (bicyclic) bond motifs is 1. The Hall–Kier alpha value is -3.74. The van der Waals surface area contributed by atoms with Gasteiger partial charge in [-0.2, -0.15) is 0 Å². The Morgan fingerprint density at radius 3 is 1.94 bits per heavy atom. The zero-order chi connectivity index (χ0) is 34.1. The van der Waals surface area contributed by atoms with Crippen molar-refractivity contribution in [3.8, 4) is 0 Å². The summed E-state index contributed by atoms with van der Waals surface area (Å²) in [5.41, 5.74) is 3.11. The standard InChI is InChI=1S/C40H57N3O4/c1-6-8-9-10-11-12-13-14-15-16-17-20-27-43(28-29-47-39(46)40(3,4)7-2)32-25-23-31(24-26-32)42-36-30-35(38(45)41-5)37(44)34-22-19-18-21-33(34)36/h18-19,21-26,30H,6-17,20,27-29H2,1-5H3,(H,41,45)/b42-36+. The van der Waals surface area contributed by atoms with Crippen LogP contribution in [0.4, 0.5) is 11.4 Å². The lowest BCUT2D eigenvalue weighted by atomic mass is 9.88. The number of amides is 1. The van der Waals surface area contributed by atoms with Crippen LogP contribution in [-0.2, 0) is 14.3 Å². The topological polar surface area (TPSA) is 88.1 Å². The van der Waals surface area contributed by atoms with Gasteiger partial charge in [-0.15, -0.1) is 0 Å². The predicted octanol–water partition coefficient (Wildman–Crippen LogP) is 9.16. The van der Waals surface area contributed by atoms with E-state index in [0.717, 1.165) is 30.8 Å². The lowest BCUT2D eigenvalue weighted by Gasteiger charge is -2.26. The highest BCUT2D eigenvalue weighted by molar-refractivity contribution is 6.35. The summed E-state index contributed by atoms with van der Waals surface area (Å²) in [4.78, 5) is 45.1. The van der Waals surface area contributed by atoms with Crippen LogP contribution >= 0.6 is 0 Å². The molecule has 0 fully saturated rings. The van der Waals surface area contributed by atoms with Crippen molar-refractivity contribution in [2.24, 2.45) is 10.4 Å². The van der Waals surface area contributed by atoms with Gasteiger partial charge >= 0.3 is 5.97 Å². The summed E-state index contributed by atoms with van der Waals surface area (Å²) in [6, 6.07) is 15.2. The van der Waals surface area contributed by atoms with Gasteiger partial charge in [0.15, 0.2) is 5.78 Å². The molecular weight excluding hydrogens is 586 g/mol. The van der Waals surface area contributed by atoms with Crippen molar-refractivity contribution in [1.29, 1.82) is 0 Å². The molecule has 1 aliphatic rings. The predicted molar refractivity (Wildman–Crippen MR) is 194 cm³/mol. The second-order valence-corrected chi connectivity index (χ2v) is 13.3. The van der Waals surface area contributed by atoms with E-state index in [1.165, 1.54) is 77.7 Å². The van der Waals surface area contributed by atoms with Crippen LogP contribution in [0.1, 0.15) is 127 Å². The van der Waals surface area contributed by atoms with Crippen LogP contribution in [0.5, 0.6) is 0 Å². The van der Waals surface area contributed by atoms with Crippen LogP contribution < -0.4 is 10.2 Å². The third-order valence-corrected chi connectivity index (χ3v) is 9.22. The Morgan fingerprint density at radius 1 is 0.787 bits per heavy atom. The van der Waals surface area contributed by atoms with Crippen molar-refractivity contribution in [3.63, 3.8) is 0 Å². The Kier molecular flexibility index (Phi) is 15.9. The molecule has 7 nitrogen and oxygen atoms in total. The number of ether oxygens (including phenoxy) is 1. The number of hydrogen-bond donors (Lipinski definition) is 1. The number of carbonyl (C=O) groups excluding carboxylic acids is 3. The second-order valence-electron chi connectivity index (χ2n) is 13.3. The molecule has 3 rings (SSSR count). The van der Waals surface area contributed by atoms with Gasteiger partial charge in [0.05, 0.1) is 28.9 Å². The van der Waals surface area contributed by atoms with Crippen LogP contribution in [0.15, 0.2) is 65.2 Å².